The lowest BCUT2D eigenvalue weighted by Gasteiger charge is -2.41. The van der Waals surface area contributed by atoms with Gasteiger partial charge in [0, 0.05) is 127 Å². The van der Waals surface area contributed by atoms with Gasteiger partial charge >= 0.3 is 0 Å². The van der Waals surface area contributed by atoms with E-state index >= 15 is 0 Å². The Balaban J connectivity index is 0.000000172. The Morgan fingerprint density at radius 1 is 0.554 bits per heavy atom. The molecule has 4 heterocycles. The number of hydrogen-bond acceptors (Lipinski definition) is 8. The second kappa shape index (κ2) is 18.6. The highest BCUT2D eigenvalue weighted by Crippen LogP contribution is 2.45. The van der Waals surface area contributed by atoms with E-state index in [9.17, 15) is 9.59 Å². The second-order valence-corrected chi connectivity index (χ2v) is 16.0. The van der Waals surface area contributed by atoms with Gasteiger partial charge in [-0.2, -0.15) is 0 Å². The molecule has 56 heavy (non-hydrogen) atoms. The van der Waals surface area contributed by atoms with Crippen molar-refractivity contribution in [2.75, 3.05) is 75.2 Å². The fraction of sp³-hybridized carbons (Fsp3) is 0.478. The first-order valence-electron chi connectivity index (χ1n) is 20.8. The maximum absolute atomic E-state index is 12.6. The third-order valence-electron chi connectivity index (χ3n) is 12.3. The predicted octanol–water partition coefficient (Wildman–Crippen LogP) is 6.35. The Hall–Kier alpha value is -4.48. The largest absolute Gasteiger partial charge is 0.310 e. The van der Waals surface area contributed by atoms with Crippen LogP contribution >= 0.6 is 0 Å². The van der Waals surface area contributed by atoms with Gasteiger partial charge in [0.25, 0.3) is 0 Å². The molecule has 0 unspecified atom stereocenters. The normalized spacial score (nSPS) is 19.3. The van der Waals surface area contributed by atoms with Gasteiger partial charge in [-0.25, -0.2) is 4.98 Å². The smallest absolute Gasteiger partial charge is 0.227 e. The Morgan fingerprint density at radius 3 is 1.43 bits per heavy atom. The molecular weight excluding hydrogens is 697 g/mol. The summed E-state index contributed by atoms with van der Waals surface area (Å²) in [4.78, 5) is 48.0. The van der Waals surface area contributed by atoms with Crippen LogP contribution in [0, 0.1) is 0 Å². The summed E-state index contributed by atoms with van der Waals surface area (Å²) >= 11 is 0. The van der Waals surface area contributed by atoms with Gasteiger partial charge in [0.05, 0.1) is 0 Å². The van der Waals surface area contributed by atoms with Crippen molar-refractivity contribution < 1.29 is 9.59 Å². The fourth-order valence-electron chi connectivity index (χ4n) is 8.51. The van der Waals surface area contributed by atoms with E-state index in [-0.39, 0.29) is 22.9 Å². The van der Waals surface area contributed by atoms with E-state index < -0.39 is 0 Å². The number of benzene rings is 2. The van der Waals surface area contributed by atoms with Crippen molar-refractivity contribution in [2.45, 2.75) is 76.5 Å². The predicted molar refractivity (Wildman–Crippen MR) is 224 cm³/mol. The molecule has 4 fully saturated rings. The molecule has 2 aliphatic carbocycles. The maximum atomic E-state index is 12.6. The fourth-order valence-corrected chi connectivity index (χ4v) is 8.51. The minimum absolute atomic E-state index is 0.140. The molecular formula is C46H60N8O2. The molecule has 0 N–H and O–H groups in total. The van der Waals surface area contributed by atoms with Crippen molar-refractivity contribution in [3.8, 4) is 0 Å². The van der Waals surface area contributed by atoms with Crippen molar-refractivity contribution in [1.29, 1.82) is 0 Å². The molecule has 2 aliphatic heterocycles. The molecule has 2 aromatic carbocycles. The van der Waals surface area contributed by atoms with Crippen LogP contribution in [0.25, 0.3) is 0 Å². The van der Waals surface area contributed by atoms with Crippen molar-refractivity contribution >= 4 is 23.3 Å². The van der Waals surface area contributed by atoms with Crippen LogP contribution in [0.1, 0.15) is 63.5 Å². The van der Waals surface area contributed by atoms with Crippen LogP contribution in [-0.4, -0.2) is 118 Å². The minimum atomic E-state index is 0.140. The van der Waals surface area contributed by atoms with Gasteiger partial charge in [-0.05, 0) is 61.1 Å². The maximum Gasteiger partial charge on any atom is 0.227 e. The summed E-state index contributed by atoms with van der Waals surface area (Å²) in [5.74, 6) is 1.14. The number of carbonyl (C=O) groups excluding carboxylic acids is 2. The van der Waals surface area contributed by atoms with E-state index in [4.69, 9.17) is 0 Å². The number of amides is 2. The SMILES string of the molecule is CCC(=O)N(CC1(N2CCN(Cc3ccccc3)CC2)CC1)c1ccccn1.CCC(=O)N(CC1(N2CCN(Cc3ccccc3)CC2)CC1)c1ccncc1. The van der Waals surface area contributed by atoms with E-state index in [0.717, 1.165) is 90.0 Å². The number of pyridine rings is 2. The van der Waals surface area contributed by atoms with Crippen LogP contribution in [0.3, 0.4) is 0 Å². The molecule has 2 amide bonds. The summed E-state index contributed by atoms with van der Waals surface area (Å²) in [6.07, 6.45) is 11.1. The van der Waals surface area contributed by atoms with Crippen LogP contribution in [0.15, 0.2) is 110 Å². The molecule has 0 spiro atoms. The lowest BCUT2D eigenvalue weighted by molar-refractivity contribution is -0.119. The summed E-state index contributed by atoms with van der Waals surface area (Å²) in [5.41, 5.74) is 4.03. The number of anilines is 2. The third-order valence-corrected chi connectivity index (χ3v) is 12.3. The Kier molecular flexibility index (Phi) is 13.2. The number of aromatic nitrogens is 2. The number of hydrogen-bond donors (Lipinski definition) is 0. The molecule has 0 atom stereocenters. The highest BCUT2D eigenvalue weighted by atomic mass is 16.2. The van der Waals surface area contributed by atoms with E-state index in [1.807, 2.05) is 54.0 Å². The van der Waals surface area contributed by atoms with E-state index in [1.54, 1.807) is 18.6 Å². The van der Waals surface area contributed by atoms with Crippen LogP contribution in [-0.2, 0) is 22.7 Å². The molecule has 2 saturated heterocycles. The molecule has 10 heteroatoms. The Bertz CT molecular complexity index is 1670. The number of rotatable bonds is 14. The summed E-state index contributed by atoms with van der Waals surface area (Å²) < 4.78 is 0. The van der Waals surface area contributed by atoms with Crippen LogP contribution in [0.5, 0.6) is 0 Å². The molecule has 8 rings (SSSR count). The van der Waals surface area contributed by atoms with Gasteiger partial charge in [0.15, 0.2) is 0 Å². The first-order valence-corrected chi connectivity index (χ1v) is 20.8. The van der Waals surface area contributed by atoms with E-state index in [0.29, 0.717) is 12.8 Å². The Labute approximate surface area is 334 Å². The summed E-state index contributed by atoms with van der Waals surface area (Å²) in [6.45, 7) is 16.1. The molecule has 0 bridgehead atoms. The van der Waals surface area contributed by atoms with Gasteiger partial charge in [-0.3, -0.25) is 39.1 Å². The lowest BCUT2D eigenvalue weighted by atomic mass is 10.1. The monoisotopic (exact) mass is 756 g/mol. The molecule has 2 saturated carbocycles. The standard InChI is InChI=1S/2C23H30N4O/c1-2-22(28)27(21-10-6-7-13-24-21)19-23(11-12-23)26-16-14-25(15-17-26)18-20-8-4-3-5-9-20;1-2-22(28)27(21-8-12-24-13-9-21)19-23(10-11-23)26-16-14-25(15-17-26)18-20-6-4-3-5-7-20/h3-10,13H,2,11-12,14-19H2,1H3;3-9,12-13H,2,10-11,14-19H2,1H3. The zero-order chi connectivity index (χ0) is 38.8. The highest BCUT2D eigenvalue weighted by molar-refractivity contribution is 5.93. The lowest BCUT2D eigenvalue weighted by Crippen LogP contribution is -2.55. The van der Waals surface area contributed by atoms with Gasteiger partial charge < -0.3 is 4.90 Å². The molecule has 2 aromatic heterocycles. The average molecular weight is 757 g/mol. The van der Waals surface area contributed by atoms with Crippen LogP contribution < -0.4 is 9.80 Å². The topological polar surface area (TPSA) is 79.4 Å². The minimum Gasteiger partial charge on any atom is -0.310 e. The average Bonchev–Trinajstić information content (AvgIpc) is 4.21. The van der Waals surface area contributed by atoms with Gasteiger partial charge in [0.2, 0.25) is 11.8 Å². The zero-order valence-electron chi connectivity index (χ0n) is 33.5. The quantitative estimate of drug-likeness (QED) is 0.148. The molecule has 10 nitrogen and oxygen atoms in total. The van der Waals surface area contributed by atoms with Gasteiger partial charge in [0.1, 0.15) is 5.82 Å². The van der Waals surface area contributed by atoms with Crippen molar-refractivity contribution in [3.05, 3.63) is 121 Å². The van der Waals surface area contributed by atoms with Gasteiger partial charge in [-0.1, -0.05) is 80.6 Å². The first kappa shape index (κ1) is 39.7. The second-order valence-electron chi connectivity index (χ2n) is 16.0. The summed E-state index contributed by atoms with van der Waals surface area (Å²) in [5, 5.41) is 0. The Morgan fingerprint density at radius 2 is 1.00 bits per heavy atom. The zero-order valence-corrected chi connectivity index (χ0v) is 33.5. The van der Waals surface area contributed by atoms with Crippen LogP contribution in [0.4, 0.5) is 11.5 Å². The van der Waals surface area contributed by atoms with Crippen molar-refractivity contribution in [2.24, 2.45) is 0 Å². The number of piperazine rings is 2. The van der Waals surface area contributed by atoms with Gasteiger partial charge in [-0.15, -0.1) is 0 Å². The molecule has 4 aliphatic rings. The van der Waals surface area contributed by atoms with Crippen LogP contribution in [0.2, 0.25) is 0 Å². The number of carbonyl (C=O) groups is 2. The molecule has 4 aromatic rings. The van der Waals surface area contributed by atoms with E-state index in [1.165, 1.54) is 36.8 Å². The number of nitrogens with zero attached hydrogens (tertiary/aromatic N) is 8. The van der Waals surface area contributed by atoms with E-state index in [2.05, 4.69) is 90.2 Å². The summed E-state index contributed by atoms with van der Waals surface area (Å²) in [7, 11) is 0. The molecule has 0 radical (unpaired) electrons. The van der Waals surface area contributed by atoms with Crippen molar-refractivity contribution in [3.63, 3.8) is 0 Å². The summed E-state index contributed by atoms with van der Waals surface area (Å²) in [6, 6.07) is 31.1. The third kappa shape index (κ3) is 10.1. The highest BCUT2D eigenvalue weighted by Gasteiger charge is 2.51. The van der Waals surface area contributed by atoms with Crippen molar-refractivity contribution in [1.82, 2.24) is 29.6 Å². The first-order chi connectivity index (χ1) is 27.4. The molecule has 296 valence electrons.